The van der Waals surface area contributed by atoms with E-state index in [1.165, 1.54) is 0 Å². The maximum Gasteiger partial charge on any atom is 0.275 e. The van der Waals surface area contributed by atoms with Gasteiger partial charge in [-0.3, -0.25) is 4.79 Å². The number of hydrogen-bond donors (Lipinski definition) is 2. The fourth-order valence-corrected chi connectivity index (χ4v) is 6.10. The molecule has 0 aromatic heterocycles. The number of piperazine rings is 1. The quantitative estimate of drug-likeness (QED) is 0.681. The monoisotopic (exact) mass is 410 g/mol. The van der Waals surface area contributed by atoms with Crippen LogP contribution < -0.4 is 10.2 Å². The lowest BCUT2D eigenvalue weighted by atomic mass is 10.1. The Balaban J connectivity index is 1.54. The van der Waals surface area contributed by atoms with Gasteiger partial charge in [0, 0.05) is 13.2 Å². The van der Waals surface area contributed by atoms with Crippen molar-refractivity contribution in [2.45, 2.75) is 44.6 Å². The highest BCUT2D eigenvalue weighted by Gasteiger charge is 2.33. The Bertz CT molecular complexity index is 788. The molecule has 2 saturated heterocycles. The molecule has 8 heteroatoms. The third-order valence-electron chi connectivity index (χ3n) is 5.59. The van der Waals surface area contributed by atoms with Gasteiger partial charge in [0.2, 0.25) is 10.0 Å². The predicted molar refractivity (Wildman–Crippen MR) is 107 cm³/mol. The fourth-order valence-electron chi connectivity index (χ4n) is 4.24. The Hall–Kier alpha value is -1.48. The summed E-state index contributed by atoms with van der Waals surface area (Å²) in [5.74, 6) is 0.00651. The van der Waals surface area contributed by atoms with Crippen LogP contribution in [-0.4, -0.2) is 70.6 Å². The zero-order valence-electron chi connectivity index (χ0n) is 17.1. The molecule has 0 saturated carbocycles. The van der Waals surface area contributed by atoms with Gasteiger partial charge in [0.15, 0.2) is 6.54 Å². The maximum atomic E-state index is 13.1. The van der Waals surface area contributed by atoms with Crippen LogP contribution in [0.25, 0.3) is 0 Å². The maximum absolute atomic E-state index is 13.1. The van der Waals surface area contributed by atoms with E-state index in [4.69, 9.17) is 4.74 Å². The van der Waals surface area contributed by atoms with Crippen molar-refractivity contribution < 1.29 is 22.8 Å². The molecule has 2 aliphatic rings. The number of amides is 1. The largest absolute Gasteiger partial charge is 0.376 e. The number of ether oxygens (including phenoxy) is 1. The number of carbonyl (C=O) groups excluding carboxylic acids is 1. The third-order valence-corrected chi connectivity index (χ3v) is 7.80. The second kappa shape index (κ2) is 8.90. The summed E-state index contributed by atoms with van der Waals surface area (Å²) >= 11 is 0. The smallest absolute Gasteiger partial charge is 0.275 e. The van der Waals surface area contributed by atoms with Gasteiger partial charge >= 0.3 is 0 Å². The summed E-state index contributed by atoms with van der Waals surface area (Å²) < 4.78 is 33.4. The molecule has 0 bridgehead atoms. The van der Waals surface area contributed by atoms with Crippen molar-refractivity contribution in [2.24, 2.45) is 0 Å². The van der Waals surface area contributed by atoms with Gasteiger partial charge in [-0.1, -0.05) is 17.7 Å². The van der Waals surface area contributed by atoms with Crippen LogP contribution in [0.1, 0.15) is 29.5 Å². The molecule has 0 aliphatic carbocycles. The summed E-state index contributed by atoms with van der Waals surface area (Å²) in [6, 6.07) is 3.83. The zero-order valence-corrected chi connectivity index (χ0v) is 17.9. The number of sulfonamides is 1. The Morgan fingerprint density at radius 3 is 2.43 bits per heavy atom. The molecule has 2 heterocycles. The minimum atomic E-state index is -3.51. The van der Waals surface area contributed by atoms with Crippen molar-refractivity contribution in [1.82, 2.24) is 9.62 Å². The van der Waals surface area contributed by atoms with Crippen LogP contribution in [0.5, 0.6) is 0 Å². The number of nitrogens with zero attached hydrogens (tertiary/aromatic N) is 1. The van der Waals surface area contributed by atoms with Crippen molar-refractivity contribution in [1.29, 1.82) is 0 Å². The Morgan fingerprint density at radius 1 is 1.21 bits per heavy atom. The van der Waals surface area contributed by atoms with E-state index in [1.807, 2.05) is 32.9 Å². The number of hydrogen-bond acceptors (Lipinski definition) is 4. The summed E-state index contributed by atoms with van der Waals surface area (Å²) in [4.78, 5) is 13.7. The molecule has 3 rings (SSSR count). The molecule has 156 valence electrons. The topological polar surface area (TPSA) is 80.2 Å². The summed E-state index contributed by atoms with van der Waals surface area (Å²) in [7, 11) is -3.51. The predicted octanol–water partition coefficient (Wildman–Crippen LogP) is -0.204. The molecule has 1 amide bonds. The SMILES string of the molecule is Cc1cc(C)c(S(=O)(=O)N2CC[NH+](CC(=O)NC[C@@H]3CCCO3)CC2)c(C)c1. The van der Waals surface area contributed by atoms with Crippen LogP contribution in [0.15, 0.2) is 17.0 Å². The van der Waals surface area contributed by atoms with Gasteiger partial charge in [-0.25, -0.2) is 8.42 Å². The third kappa shape index (κ3) is 4.92. The van der Waals surface area contributed by atoms with Crippen LogP contribution in [0.3, 0.4) is 0 Å². The first-order valence-electron chi connectivity index (χ1n) is 10.1. The molecule has 2 N–H and O–H groups in total. The lowest BCUT2D eigenvalue weighted by Crippen LogP contribution is -3.15. The Kier molecular flexibility index (Phi) is 6.75. The summed E-state index contributed by atoms with van der Waals surface area (Å²) in [6.07, 6.45) is 2.20. The summed E-state index contributed by atoms with van der Waals surface area (Å²) in [5, 5.41) is 2.94. The number of quaternary nitrogens is 1. The summed E-state index contributed by atoms with van der Waals surface area (Å²) in [5.41, 5.74) is 2.65. The van der Waals surface area contributed by atoms with E-state index >= 15 is 0 Å². The van der Waals surface area contributed by atoms with E-state index in [0.29, 0.717) is 44.2 Å². The number of benzene rings is 1. The van der Waals surface area contributed by atoms with E-state index in [-0.39, 0.29) is 12.0 Å². The number of carbonyl (C=O) groups is 1. The second-order valence-corrected chi connectivity index (χ2v) is 9.87. The van der Waals surface area contributed by atoms with Crippen LogP contribution in [0, 0.1) is 20.8 Å². The van der Waals surface area contributed by atoms with Gasteiger partial charge < -0.3 is 15.0 Å². The first-order chi connectivity index (χ1) is 13.3. The minimum Gasteiger partial charge on any atom is -0.376 e. The highest BCUT2D eigenvalue weighted by Crippen LogP contribution is 2.25. The van der Waals surface area contributed by atoms with E-state index < -0.39 is 10.0 Å². The number of nitrogens with one attached hydrogen (secondary N) is 2. The van der Waals surface area contributed by atoms with Crippen LogP contribution in [0.2, 0.25) is 0 Å². The molecule has 0 spiro atoms. The van der Waals surface area contributed by atoms with E-state index in [9.17, 15) is 13.2 Å². The minimum absolute atomic E-state index is 0.00651. The molecular weight excluding hydrogens is 378 g/mol. The van der Waals surface area contributed by atoms with Crippen molar-refractivity contribution in [3.8, 4) is 0 Å². The van der Waals surface area contributed by atoms with Crippen molar-refractivity contribution in [3.05, 3.63) is 28.8 Å². The van der Waals surface area contributed by atoms with E-state index in [2.05, 4.69) is 5.32 Å². The summed E-state index contributed by atoms with van der Waals surface area (Å²) in [6.45, 7) is 9.55. The van der Waals surface area contributed by atoms with Crippen LogP contribution >= 0.6 is 0 Å². The average molecular weight is 411 g/mol. The average Bonchev–Trinajstić information content (AvgIpc) is 3.13. The van der Waals surface area contributed by atoms with E-state index in [0.717, 1.165) is 41.0 Å². The lowest BCUT2D eigenvalue weighted by molar-refractivity contribution is -0.895. The first kappa shape index (κ1) is 21.2. The Morgan fingerprint density at radius 2 is 1.86 bits per heavy atom. The normalized spacial score (nSPS) is 21.8. The molecule has 7 nitrogen and oxygen atoms in total. The number of aryl methyl sites for hydroxylation is 3. The van der Waals surface area contributed by atoms with Crippen molar-refractivity contribution >= 4 is 15.9 Å². The van der Waals surface area contributed by atoms with Crippen molar-refractivity contribution in [3.63, 3.8) is 0 Å². The van der Waals surface area contributed by atoms with Gasteiger partial charge in [-0.2, -0.15) is 4.31 Å². The zero-order chi connectivity index (χ0) is 20.3. The lowest BCUT2D eigenvalue weighted by Gasteiger charge is -2.32. The van der Waals surface area contributed by atoms with Gasteiger partial charge in [0.05, 0.1) is 37.2 Å². The van der Waals surface area contributed by atoms with Gasteiger partial charge in [0.1, 0.15) is 0 Å². The van der Waals surface area contributed by atoms with Crippen molar-refractivity contribution in [2.75, 3.05) is 45.9 Å². The number of rotatable bonds is 6. The molecule has 2 fully saturated rings. The highest BCUT2D eigenvalue weighted by molar-refractivity contribution is 7.89. The molecule has 1 aromatic carbocycles. The molecular formula is C20H32N3O4S+. The second-order valence-electron chi connectivity index (χ2n) is 8.00. The molecule has 2 aliphatic heterocycles. The highest BCUT2D eigenvalue weighted by atomic mass is 32.2. The Labute approximate surface area is 168 Å². The molecule has 1 aromatic rings. The van der Waals surface area contributed by atoms with E-state index in [1.54, 1.807) is 4.31 Å². The van der Waals surface area contributed by atoms with Gasteiger partial charge in [-0.15, -0.1) is 0 Å². The molecule has 0 radical (unpaired) electrons. The van der Waals surface area contributed by atoms with Gasteiger partial charge in [0.25, 0.3) is 5.91 Å². The fraction of sp³-hybridized carbons (Fsp3) is 0.650. The molecule has 28 heavy (non-hydrogen) atoms. The standard InChI is InChI=1S/C20H31N3O4S/c1-15-11-16(2)20(17(3)12-15)28(25,26)23-8-6-22(7-9-23)14-19(24)21-13-18-5-4-10-27-18/h11-12,18H,4-10,13-14H2,1-3H3,(H,21,24)/p+1/t18-/m0/s1. The molecule has 0 unspecified atom stereocenters. The van der Waals surface area contributed by atoms with Crippen LogP contribution in [-0.2, 0) is 19.6 Å². The first-order valence-corrected chi connectivity index (χ1v) is 11.5. The van der Waals surface area contributed by atoms with Gasteiger partial charge in [-0.05, 0) is 44.7 Å². The molecule has 1 atom stereocenters. The van der Waals surface area contributed by atoms with Crippen LogP contribution in [0.4, 0.5) is 0 Å².